The summed E-state index contributed by atoms with van der Waals surface area (Å²) >= 11 is 0. The molecule has 0 aromatic rings. The number of rotatable bonds is 1. The number of hydrogen-bond donors (Lipinski definition) is 0. The van der Waals surface area contributed by atoms with E-state index in [0.717, 1.165) is 18.8 Å². The minimum absolute atomic E-state index is 0.343. The van der Waals surface area contributed by atoms with Crippen molar-refractivity contribution in [3.05, 3.63) is 0 Å². The summed E-state index contributed by atoms with van der Waals surface area (Å²) in [7, 11) is 3.73. The molecular formula is C12H21NO. The Bertz CT molecular complexity index is 241. The third-order valence-electron chi connectivity index (χ3n) is 4.10. The highest BCUT2D eigenvalue weighted by Gasteiger charge is 2.50. The summed E-state index contributed by atoms with van der Waals surface area (Å²) in [5.41, 5.74) is 0.579. The molecule has 0 aromatic heterocycles. The van der Waals surface area contributed by atoms with Crippen LogP contribution in [0.1, 0.15) is 39.0 Å². The number of nitrogens with zero attached hydrogens (tertiary/aromatic N) is 1. The fraction of sp³-hybridized carbons (Fsp3) is 0.917. The van der Waals surface area contributed by atoms with E-state index in [4.69, 9.17) is 0 Å². The summed E-state index contributed by atoms with van der Waals surface area (Å²) in [6, 6.07) is 0. The molecule has 0 aromatic carbocycles. The summed E-state index contributed by atoms with van der Waals surface area (Å²) in [5, 5.41) is 0. The molecule has 2 heteroatoms. The van der Waals surface area contributed by atoms with Crippen LogP contribution in [0.5, 0.6) is 0 Å². The topological polar surface area (TPSA) is 20.3 Å². The third-order valence-corrected chi connectivity index (χ3v) is 4.10. The molecule has 2 aliphatic rings. The van der Waals surface area contributed by atoms with Gasteiger partial charge in [0.25, 0.3) is 0 Å². The van der Waals surface area contributed by atoms with E-state index in [1.165, 1.54) is 19.3 Å². The van der Waals surface area contributed by atoms with E-state index in [0.29, 0.717) is 17.2 Å². The van der Waals surface area contributed by atoms with Gasteiger partial charge in [-0.15, -0.1) is 0 Å². The van der Waals surface area contributed by atoms with Crippen LogP contribution in [0.4, 0.5) is 0 Å². The Labute approximate surface area is 86.7 Å². The monoisotopic (exact) mass is 195 g/mol. The lowest BCUT2D eigenvalue weighted by Gasteiger charge is -2.45. The molecule has 0 saturated heterocycles. The normalized spacial score (nSPS) is 41.1. The molecular weight excluding hydrogens is 174 g/mol. The predicted molar refractivity (Wildman–Crippen MR) is 56.9 cm³/mol. The Morgan fingerprint density at radius 1 is 1.29 bits per heavy atom. The fourth-order valence-electron chi connectivity index (χ4n) is 3.39. The first kappa shape index (κ1) is 10.0. The zero-order valence-corrected chi connectivity index (χ0v) is 9.55. The molecule has 1 spiro atoms. The van der Waals surface area contributed by atoms with Gasteiger partial charge in [0.05, 0.1) is 0 Å². The van der Waals surface area contributed by atoms with Crippen molar-refractivity contribution in [2.75, 3.05) is 14.1 Å². The Hall–Kier alpha value is -0.530. The molecule has 2 aliphatic carbocycles. The first-order chi connectivity index (χ1) is 6.52. The average Bonchev–Trinajstić information content (AvgIpc) is 2.43. The lowest BCUT2D eigenvalue weighted by Crippen LogP contribution is -2.43. The molecule has 1 unspecified atom stereocenters. The Morgan fingerprint density at radius 3 is 2.36 bits per heavy atom. The first-order valence-electron chi connectivity index (χ1n) is 5.74. The van der Waals surface area contributed by atoms with Gasteiger partial charge in [0, 0.05) is 20.0 Å². The van der Waals surface area contributed by atoms with E-state index in [9.17, 15) is 4.79 Å². The van der Waals surface area contributed by atoms with E-state index < -0.39 is 0 Å². The van der Waals surface area contributed by atoms with Crippen LogP contribution in [0.2, 0.25) is 0 Å². The summed E-state index contributed by atoms with van der Waals surface area (Å²) in [6.07, 6.45) is 6.43. The molecule has 2 fully saturated rings. The van der Waals surface area contributed by atoms with Gasteiger partial charge in [-0.05, 0) is 37.0 Å². The van der Waals surface area contributed by atoms with Gasteiger partial charge >= 0.3 is 0 Å². The average molecular weight is 195 g/mol. The zero-order chi connectivity index (χ0) is 10.3. The standard InChI is InChI=1S/C12H21NO/c1-9-4-5-12(6-9)7-10(8-12)11(14)13(2)3/h9-10H,4-8H2,1-3H3. The van der Waals surface area contributed by atoms with Gasteiger partial charge in [-0.3, -0.25) is 4.79 Å². The van der Waals surface area contributed by atoms with Crippen LogP contribution in [0.3, 0.4) is 0 Å². The highest BCUT2D eigenvalue weighted by molar-refractivity contribution is 5.79. The van der Waals surface area contributed by atoms with E-state index >= 15 is 0 Å². The molecule has 80 valence electrons. The molecule has 0 heterocycles. The summed E-state index contributed by atoms with van der Waals surface area (Å²) < 4.78 is 0. The molecule has 14 heavy (non-hydrogen) atoms. The van der Waals surface area contributed by atoms with Crippen molar-refractivity contribution in [1.82, 2.24) is 4.90 Å². The second-order valence-corrected chi connectivity index (χ2v) is 5.69. The van der Waals surface area contributed by atoms with Gasteiger partial charge in [0.15, 0.2) is 0 Å². The second kappa shape index (κ2) is 3.25. The quantitative estimate of drug-likeness (QED) is 0.628. The molecule has 0 N–H and O–H groups in total. The van der Waals surface area contributed by atoms with Gasteiger partial charge in [-0.1, -0.05) is 13.3 Å². The molecule has 0 bridgehead atoms. The fourth-order valence-corrected chi connectivity index (χ4v) is 3.39. The van der Waals surface area contributed by atoms with Crippen molar-refractivity contribution in [3.63, 3.8) is 0 Å². The van der Waals surface area contributed by atoms with Crippen LogP contribution in [-0.4, -0.2) is 24.9 Å². The smallest absolute Gasteiger partial charge is 0.225 e. The molecule has 1 amide bonds. The van der Waals surface area contributed by atoms with E-state index in [-0.39, 0.29) is 0 Å². The van der Waals surface area contributed by atoms with Gasteiger partial charge < -0.3 is 4.90 Å². The Balaban J connectivity index is 1.87. The van der Waals surface area contributed by atoms with Gasteiger partial charge in [0.1, 0.15) is 0 Å². The van der Waals surface area contributed by atoms with Gasteiger partial charge in [-0.25, -0.2) is 0 Å². The van der Waals surface area contributed by atoms with Crippen LogP contribution >= 0.6 is 0 Å². The highest BCUT2D eigenvalue weighted by atomic mass is 16.2. The summed E-state index contributed by atoms with van der Waals surface area (Å²) in [5.74, 6) is 1.58. The van der Waals surface area contributed by atoms with Crippen molar-refractivity contribution >= 4 is 5.91 Å². The van der Waals surface area contributed by atoms with Crippen LogP contribution < -0.4 is 0 Å². The molecule has 2 rings (SSSR count). The SMILES string of the molecule is CC1CCC2(C1)CC(C(=O)N(C)C)C2. The summed E-state index contributed by atoms with van der Waals surface area (Å²) in [4.78, 5) is 13.4. The minimum atomic E-state index is 0.343. The van der Waals surface area contributed by atoms with E-state index in [1.54, 1.807) is 4.90 Å². The van der Waals surface area contributed by atoms with Crippen LogP contribution in [-0.2, 0) is 4.79 Å². The number of amides is 1. The van der Waals surface area contributed by atoms with Crippen molar-refractivity contribution < 1.29 is 4.79 Å². The van der Waals surface area contributed by atoms with Crippen molar-refractivity contribution in [1.29, 1.82) is 0 Å². The van der Waals surface area contributed by atoms with Crippen LogP contribution in [0.15, 0.2) is 0 Å². The molecule has 0 aliphatic heterocycles. The highest BCUT2D eigenvalue weighted by Crippen LogP contribution is 2.57. The van der Waals surface area contributed by atoms with Crippen LogP contribution in [0, 0.1) is 17.3 Å². The zero-order valence-electron chi connectivity index (χ0n) is 9.55. The van der Waals surface area contributed by atoms with E-state index in [2.05, 4.69) is 6.92 Å². The maximum absolute atomic E-state index is 11.7. The number of hydrogen-bond acceptors (Lipinski definition) is 1. The molecule has 2 nitrogen and oxygen atoms in total. The van der Waals surface area contributed by atoms with Crippen LogP contribution in [0.25, 0.3) is 0 Å². The maximum Gasteiger partial charge on any atom is 0.225 e. The maximum atomic E-state index is 11.7. The molecule has 1 atom stereocenters. The second-order valence-electron chi connectivity index (χ2n) is 5.69. The first-order valence-corrected chi connectivity index (χ1v) is 5.74. The lowest BCUT2D eigenvalue weighted by atomic mass is 9.60. The summed E-state index contributed by atoms with van der Waals surface area (Å²) in [6.45, 7) is 2.34. The van der Waals surface area contributed by atoms with Crippen molar-refractivity contribution in [2.45, 2.75) is 39.0 Å². The lowest BCUT2D eigenvalue weighted by molar-refractivity contribution is -0.140. The minimum Gasteiger partial charge on any atom is -0.349 e. The van der Waals surface area contributed by atoms with E-state index in [1.807, 2.05) is 14.1 Å². The Kier molecular flexibility index (Phi) is 2.32. The largest absolute Gasteiger partial charge is 0.349 e. The van der Waals surface area contributed by atoms with Crippen molar-refractivity contribution in [3.8, 4) is 0 Å². The molecule has 2 saturated carbocycles. The van der Waals surface area contributed by atoms with Crippen molar-refractivity contribution in [2.24, 2.45) is 17.3 Å². The number of carbonyl (C=O) groups is 1. The molecule has 0 radical (unpaired) electrons. The predicted octanol–water partition coefficient (Wildman–Crippen LogP) is 2.29. The van der Waals surface area contributed by atoms with Gasteiger partial charge in [0.2, 0.25) is 5.91 Å². The third kappa shape index (κ3) is 1.55. The number of carbonyl (C=O) groups excluding carboxylic acids is 1. The van der Waals surface area contributed by atoms with Gasteiger partial charge in [-0.2, -0.15) is 0 Å². The Morgan fingerprint density at radius 2 is 1.93 bits per heavy atom.